The van der Waals surface area contributed by atoms with E-state index >= 15 is 0 Å². The van der Waals surface area contributed by atoms with E-state index in [1.807, 2.05) is 26.0 Å². The summed E-state index contributed by atoms with van der Waals surface area (Å²) in [5.74, 6) is 1.37. The molecule has 0 fully saturated rings. The minimum absolute atomic E-state index is 0.198. The first-order valence-corrected chi connectivity index (χ1v) is 7.91. The van der Waals surface area contributed by atoms with Crippen LogP contribution in [0.2, 0.25) is 0 Å². The van der Waals surface area contributed by atoms with Gasteiger partial charge in [0.2, 0.25) is 0 Å². The topological polar surface area (TPSA) is 77.2 Å². The van der Waals surface area contributed by atoms with Crippen molar-refractivity contribution in [2.45, 2.75) is 27.4 Å². The van der Waals surface area contributed by atoms with Crippen LogP contribution < -0.4 is 10.1 Å². The summed E-state index contributed by atoms with van der Waals surface area (Å²) >= 11 is 0. The molecule has 2 heterocycles. The third-order valence-corrected chi connectivity index (χ3v) is 3.68. The van der Waals surface area contributed by atoms with Crippen molar-refractivity contribution in [3.8, 4) is 5.75 Å². The summed E-state index contributed by atoms with van der Waals surface area (Å²) in [5, 5.41) is 6.56. The summed E-state index contributed by atoms with van der Waals surface area (Å²) in [5.41, 5.74) is 3.05. The van der Waals surface area contributed by atoms with E-state index in [-0.39, 0.29) is 18.2 Å². The van der Waals surface area contributed by atoms with Gasteiger partial charge >= 0.3 is 0 Å². The van der Waals surface area contributed by atoms with E-state index in [1.54, 1.807) is 31.3 Å². The number of aromatic nitrogens is 2. The van der Waals surface area contributed by atoms with Crippen molar-refractivity contribution >= 4 is 11.7 Å². The number of rotatable bonds is 5. The highest BCUT2D eigenvalue weighted by Gasteiger charge is 2.20. The van der Waals surface area contributed by atoms with E-state index in [4.69, 9.17) is 9.26 Å². The molecule has 0 aliphatic heterocycles. The largest absolute Gasteiger partial charge is 0.489 e. The SMILES string of the molecule is Cc1cc(C)cc(OCc2c(C(=O)Nc3ccccn3)noc2C)c1. The van der Waals surface area contributed by atoms with Crippen molar-refractivity contribution in [2.75, 3.05) is 5.32 Å². The summed E-state index contributed by atoms with van der Waals surface area (Å²) in [6.45, 7) is 5.97. The maximum atomic E-state index is 12.4. The second-order valence-electron chi connectivity index (χ2n) is 5.85. The zero-order valence-corrected chi connectivity index (χ0v) is 14.4. The second-order valence-corrected chi connectivity index (χ2v) is 5.85. The van der Waals surface area contributed by atoms with Gasteiger partial charge in [0.15, 0.2) is 5.69 Å². The standard InChI is InChI=1S/C19H19N3O3/c1-12-8-13(2)10-15(9-12)24-11-16-14(3)25-22-18(16)19(23)21-17-6-4-5-7-20-17/h4-10H,11H2,1-3H3,(H,20,21,23). The summed E-state index contributed by atoms with van der Waals surface area (Å²) in [7, 11) is 0. The second kappa shape index (κ2) is 7.17. The molecular weight excluding hydrogens is 318 g/mol. The Morgan fingerprint density at radius 3 is 2.60 bits per heavy atom. The van der Waals surface area contributed by atoms with Gasteiger partial charge in [-0.1, -0.05) is 17.3 Å². The number of nitrogens with one attached hydrogen (secondary N) is 1. The van der Waals surface area contributed by atoms with Crippen molar-refractivity contribution in [1.29, 1.82) is 0 Å². The lowest BCUT2D eigenvalue weighted by molar-refractivity contribution is 0.101. The number of amides is 1. The predicted molar refractivity (Wildman–Crippen MR) is 93.7 cm³/mol. The van der Waals surface area contributed by atoms with Crippen LogP contribution in [0.1, 0.15) is 32.9 Å². The van der Waals surface area contributed by atoms with Crippen LogP contribution in [0.5, 0.6) is 5.75 Å². The molecule has 2 aromatic heterocycles. The monoisotopic (exact) mass is 337 g/mol. The molecule has 0 aliphatic rings. The molecule has 6 heteroatoms. The van der Waals surface area contributed by atoms with E-state index in [2.05, 4.69) is 21.5 Å². The molecule has 1 aromatic carbocycles. The minimum atomic E-state index is -0.380. The Bertz CT molecular complexity index is 868. The minimum Gasteiger partial charge on any atom is -0.489 e. The highest BCUT2D eigenvalue weighted by Crippen LogP contribution is 2.21. The molecule has 0 saturated carbocycles. The van der Waals surface area contributed by atoms with Gasteiger partial charge < -0.3 is 14.6 Å². The quantitative estimate of drug-likeness (QED) is 0.766. The average Bonchev–Trinajstić information content (AvgIpc) is 2.94. The van der Waals surface area contributed by atoms with Crippen LogP contribution in [0.4, 0.5) is 5.82 Å². The van der Waals surface area contributed by atoms with Crippen molar-refractivity contribution in [1.82, 2.24) is 10.1 Å². The molecule has 0 aliphatic carbocycles. The third-order valence-electron chi connectivity index (χ3n) is 3.68. The number of nitrogens with zero attached hydrogens (tertiary/aromatic N) is 2. The molecule has 0 bridgehead atoms. The van der Waals surface area contributed by atoms with Gasteiger partial charge in [-0.3, -0.25) is 4.79 Å². The van der Waals surface area contributed by atoms with Gasteiger partial charge in [-0.2, -0.15) is 0 Å². The molecule has 0 unspecified atom stereocenters. The van der Waals surface area contributed by atoms with Crippen LogP contribution in [0.3, 0.4) is 0 Å². The Hall–Kier alpha value is -3.15. The Morgan fingerprint density at radius 2 is 1.92 bits per heavy atom. The zero-order valence-electron chi connectivity index (χ0n) is 14.4. The first-order valence-electron chi connectivity index (χ1n) is 7.91. The number of anilines is 1. The molecule has 0 radical (unpaired) electrons. The molecule has 3 rings (SSSR count). The maximum absolute atomic E-state index is 12.4. The van der Waals surface area contributed by atoms with Gasteiger partial charge in [0.05, 0.1) is 5.56 Å². The van der Waals surface area contributed by atoms with Crippen LogP contribution in [0.25, 0.3) is 0 Å². The fraction of sp³-hybridized carbons (Fsp3) is 0.211. The van der Waals surface area contributed by atoms with Crippen LogP contribution in [0.15, 0.2) is 47.1 Å². The average molecular weight is 337 g/mol. The summed E-state index contributed by atoms with van der Waals surface area (Å²) in [4.78, 5) is 16.5. The maximum Gasteiger partial charge on any atom is 0.279 e. The Kier molecular flexibility index (Phi) is 4.79. The Morgan fingerprint density at radius 1 is 1.16 bits per heavy atom. The Balaban J connectivity index is 1.76. The van der Waals surface area contributed by atoms with Crippen LogP contribution in [0, 0.1) is 20.8 Å². The van der Waals surface area contributed by atoms with E-state index in [0.717, 1.165) is 16.9 Å². The van der Waals surface area contributed by atoms with E-state index in [0.29, 0.717) is 17.1 Å². The molecule has 0 spiro atoms. The number of carbonyl (C=O) groups is 1. The van der Waals surface area contributed by atoms with Gasteiger partial charge in [0.25, 0.3) is 5.91 Å². The first kappa shape index (κ1) is 16.7. The molecular formula is C19H19N3O3. The van der Waals surface area contributed by atoms with Crippen LogP contribution in [-0.2, 0) is 6.61 Å². The fourth-order valence-corrected chi connectivity index (χ4v) is 2.52. The number of carbonyl (C=O) groups excluding carboxylic acids is 1. The van der Waals surface area contributed by atoms with Gasteiger partial charge in [0.1, 0.15) is 23.9 Å². The van der Waals surface area contributed by atoms with Crippen molar-refractivity contribution in [3.05, 3.63) is 70.7 Å². The molecule has 1 amide bonds. The molecule has 1 N–H and O–H groups in total. The predicted octanol–water partition coefficient (Wildman–Crippen LogP) is 3.83. The number of benzene rings is 1. The summed E-state index contributed by atoms with van der Waals surface area (Å²) in [6.07, 6.45) is 1.60. The summed E-state index contributed by atoms with van der Waals surface area (Å²) < 4.78 is 11.0. The molecule has 128 valence electrons. The fourth-order valence-electron chi connectivity index (χ4n) is 2.52. The van der Waals surface area contributed by atoms with Crippen molar-refractivity contribution < 1.29 is 14.1 Å². The van der Waals surface area contributed by atoms with Crippen molar-refractivity contribution in [3.63, 3.8) is 0 Å². The van der Waals surface area contributed by atoms with Gasteiger partial charge in [0, 0.05) is 6.20 Å². The number of pyridine rings is 1. The smallest absolute Gasteiger partial charge is 0.279 e. The number of hydrogen-bond acceptors (Lipinski definition) is 5. The molecule has 0 atom stereocenters. The van der Waals surface area contributed by atoms with Gasteiger partial charge in [-0.05, 0) is 56.2 Å². The number of ether oxygens (including phenoxy) is 1. The van der Waals surface area contributed by atoms with Crippen LogP contribution in [-0.4, -0.2) is 16.0 Å². The molecule has 25 heavy (non-hydrogen) atoms. The lowest BCUT2D eigenvalue weighted by atomic mass is 10.1. The highest BCUT2D eigenvalue weighted by atomic mass is 16.5. The zero-order chi connectivity index (χ0) is 17.8. The van der Waals surface area contributed by atoms with E-state index in [9.17, 15) is 4.79 Å². The molecule has 0 saturated heterocycles. The van der Waals surface area contributed by atoms with E-state index in [1.165, 1.54) is 0 Å². The molecule has 6 nitrogen and oxygen atoms in total. The third kappa shape index (κ3) is 4.03. The molecule has 3 aromatic rings. The van der Waals surface area contributed by atoms with Crippen molar-refractivity contribution in [2.24, 2.45) is 0 Å². The van der Waals surface area contributed by atoms with Crippen LogP contribution >= 0.6 is 0 Å². The first-order chi connectivity index (χ1) is 12.0. The summed E-state index contributed by atoms with van der Waals surface area (Å²) in [6, 6.07) is 11.2. The van der Waals surface area contributed by atoms with Gasteiger partial charge in [-0.25, -0.2) is 4.98 Å². The number of hydrogen-bond donors (Lipinski definition) is 1. The lowest BCUT2D eigenvalue weighted by Crippen LogP contribution is -2.16. The van der Waals surface area contributed by atoms with Gasteiger partial charge in [-0.15, -0.1) is 0 Å². The Labute approximate surface area is 145 Å². The number of aryl methyl sites for hydroxylation is 3. The lowest BCUT2D eigenvalue weighted by Gasteiger charge is -2.09. The normalized spacial score (nSPS) is 10.5. The van der Waals surface area contributed by atoms with E-state index < -0.39 is 0 Å². The highest BCUT2D eigenvalue weighted by molar-refractivity contribution is 6.03.